The van der Waals surface area contributed by atoms with Crippen molar-refractivity contribution in [3.8, 4) is 0 Å². The molecule has 0 aliphatic carbocycles. The average Bonchev–Trinajstić information content (AvgIpc) is 2.41. The van der Waals surface area contributed by atoms with Gasteiger partial charge in [0, 0.05) is 6.61 Å². The highest BCUT2D eigenvalue weighted by Gasteiger charge is 2.36. The Kier molecular flexibility index (Phi) is 10.4. The SMILES string of the molecule is CC(C)(C)[Si](C)(C)OCC/C=C\C/C=C\CC(O)/C=C/[Si](C)(C)C. The zero-order chi connectivity index (χ0) is 18.9. The van der Waals surface area contributed by atoms with Crippen molar-refractivity contribution < 1.29 is 9.53 Å². The molecule has 0 bridgehead atoms. The number of aliphatic hydroxyl groups is 1. The third-order valence-corrected chi connectivity index (χ3v) is 10.1. The van der Waals surface area contributed by atoms with Gasteiger partial charge in [-0.3, -0.25) is 0 Å². The minimum absolute atomic E-state index is 0.282. The summed E-state index contributed by atoms with van der Waals surface area (Å²) >= 11 is 0. The van der Waals surface area contributed by atoms with Gasteiger partial charge in [0.05, 0.1) is 14.2 Å². The summed E-state index contributed by atoms with van der Waals surface area (Å²) < 4.78 is 6.14. The number of rotatable bonds is 10. The molecule has 4 heteroatoms. The fourth-order valence-corrected chi connectivity index (χ4v) is 3.56. The number of allylic oxidation sites excluding steroid dienone is 2. The summed E-state index contributed by atoms with van der Waals surface area (Å²) in [4.78, 5) is 0. The van der Waals surface area contributed by atoms with Gasteiger partial charge >= 0.3 is 0 Å². The van der Waals surface area contributed by atoms with Crippen molar-refractivity contribution in [3.05, 3.63) is 36.1 Å². The van der Waals surface area contributed by atoms with E-state index in [1.807, 2.05) is 6.08 Å². The number of aliphatic hydroxyl groups excluding tert-OH is 1. The summed E-state index contributed by atoms with van der Waals surface area (Å²) in [5.41, 5.74) is 2.20. The molecular formula is C20H40O2Si2. The normalized spacial score (nSPS) is 15.9. The van der Waals surface area contributed by atoms with Gasteiger partial charge in [0.2, 0.25) is 0 Å². The summed E-state index contributed by atoms with van der Waals surface area (Å²) in [6, 6.07) is 0. The van der Waals surface area contributed by atoms with E-state index in [0.29, 0.717) is 6.42 Å². The Morgan fingerprint density at radius 2 is 1.54 bits per heavy atom. The fourth-order valence-electron chi connectivity index (χ4n) is 1.70. The Bertz CT molecular complexity index is 424. The highest BCUT2D eigenvalue weighted by molar-refractivity contribution is 6.80. The van der Waals surface area contributed by atoms with Gasteiger partial charge in [-0.05, 0) is 37.4 Å². The van der Waals surface area contributed by atoms with Crippen molar-refractivity contribution in [1.82, 2.24) is 0 Å². The lowest BCUT2D eigenvalue weighted by atomic mass is 10.2. The molecule has 0 rings (SSSR count). The lowest BCUT2D eigenvalue weighted by Crippen LogP contribution is -2.40. The lowest BCUT2D eigenvalue weighted by Gasteiger charge is -2.36. The largest absolute Gasteiger partial charge is 0.417 e. The Morgan fingerprint density at radius 3 is 2.08 bits per heavy atom. The van der Waals surface area contributed by atoms with E-state index in [9.17, 15) is 5.11 Å². The summed E-state index contributed by atoms with van der Waals surface area (Å²) in [7, 11) is -2.80. The summed E-state index contributed by atoms with van der Waals surface area (Å²) in [6.45, 7) is 19.0. The molecule has 0 amide bonds. The van der Waals surface area contributed by atoms with Crippen molar-refractivity contribution >= 4 is 16.4 Å². The van der Waals surface area contributed by atoms with Gasteiger partial charge < -0.3 is 9.53 Å². The first-order chi connectivity index (χ1) is 10.9. The molecule has 24 heavy (non-hydrogen) atoms. The van der Waals surface area contributed by atoms with Crippen LogP contribution in [0.1, 0.15) is 40.0 Å². The van der Waals surface area contributed by atoms with Crippen molar-refractivity contribution in [1.29, 1.82) is 0 Å². The van der Waals surface area contributed by atoms with Crippen LogP contribution < -0.4 is 0 Å². The maximum absolute atomic E-state index is 9.88. The van der Waals surface area contributed by atoms with Crippen LogP contribution in [0.5, 0.6) is 0 Å². The molecule has 0 aromatic rings. The Hall–Kier alpha value is -0.426. The zero-order valence-corrected chi connectivity index (χ0v) is 19.2. The predicted octanol–water partition coefficient (Wildman–Crippen LogP) is 6.09. The van der Waals surface area contributed by atoms with Crippen LogP contribution in [0.15, 0.2) is 36.1 Å². The van der Waals surface area contributed by atoms with Crippen LogP contribution in [-0.4, -0.2) is 34.2 Å². The molecule has 0 radical (unpaired) electrons. The second kappa shape index (κ2) is 10.5. The van der Waals surface area contributed by atoms with Crippen LogP contribution in [0.2, 0.25) is 37.8 Å². The summed E-state index contributed by atoms with van der Waals surface area (Å²) in [5.74, 6) is 0. The third-order valence-electron chi connectivity index (χ3n) is 4.36. The molecule has 0 aromatic heterocycles. The van der Waals surface area contributed by atoms with Gasteiger partial charge in [0.25, 0.3) is 0 Å². The summed E-state index contributed by atoms with van der Waals surface area (Å²) in [6.07, 6.45) is 12.7. The molecular weight excluding hydrogens is 328 g/mol. The highest BCUT2D eigenvalue weighted by atomic mass is 28.4. The van der Waals surface area contributed by atoms with Crippen LogP contribution >= 0.6 is 0 Å². The van der Waals surface area contributed by atoms with E-state index >= 15 is 0 Å². The topological polar surface area (TPSA) is 29.5 Å². The molecule has 1 atom stereocenters. The maximum Gasteiger partial charge on any atom is 0.191 e. The first kappa shape index (κ1) is 23.6. The molecule has 140 valence electrons. The molecule has 0 aliphatic rings. The maximum atomic E-state index is 9.88. The van der Waals surface area contributed by atoms with Gasteiger partial charge in [-0.15, -0.1) is 0 Å². The number of hydrogen-bond acceptors (Lipinski definition) is 2. The van der Waals surface area contributed by atoms with E-state index in [-0.39, 0.29) is 11.1 Å². The Labute approximate surface area is 152 Å². The Morgan fingerprint density at radius 1 is 0.958 bits per heavy atom. The van der Waals surface area contributed by atoms with Crippen molar-refractivity contribution in [2.75, 3.05) is 6.61 Å². The quantitative estimate of drug-likeness (QED) is 0.287. The second-order valence-electron chi connectivity index (χ2n) is 9.10. The minimum atomic E-state index is -1.60. The van der Waals surface area contributed by atoms with E-state index in [1.165, 1.54) is 0 Å². The second-order valence-corrected chi connectivity index (χ2v) is 19.0. The molecule has 0 saturated heterocycles. The van der Waals surface area contributed by atoms with Gasteiger partial charge in [0.1, 0.15) is 0 Å². The van der Waals surface area contributed by atoms with Gasteiger partial charge in [-0.25, -0.2) is 0 Å². The van der Waals surface area contributed by atoms with Crippen molar-refractivity contribution in [3.63, 3.8) is 0 Å². The van der Waals surface area contributed by atoms with E-state index in [4.69, 9.17) is 4.43 Å². The molecule has 0 aliphatic heterocycles. The highest BCUT2D eigenvalue weighted by Crippen LogP contribution is 2.36. The van der Waals surface area contributed by atoms with E-state index in [0.717, 1.165) is 19.4 Å². The van der Waals surface area contributed by atoms with Crippen LogP contribution in [0.4, 0.5) is 0 Å². The zero-order valence-electron chi connectivity index (χ0n) is 17.2. The van der Waals surface area contributed by atoms with Crippen LogP contribution in [0.3, 0.4) is 0 Å². The predicted molar refractivity (Wildman–Crippen MR) is 114 cm³/mol. The lowest BCUT2D eigenvalue weighted by molar-refractivity contribution is 0.227. The monoisotopic (exact) mass is 368 g/mol. The molecule has 0 heterocycles. The van der Waals surface area contributed by atoms with E-state index in [2.05, 4.69) is 83.5 Å². The minimum Gasteiger partial charge on any atom is -0.417 e. The van der Waals surface area contributed by atoms with Crippen molar-refractivity contribution in [2.45, 2.75) is 83.9 Å². The first-order valence-electron chi connectivity index (χ1n) is 9.16. The Balaban J connectivity index is 3.89. The van der Waals surface area contributed by atoms with Gasteiger partial charge in [0.15, 0.2) is 8.32 Å². The number of hydrogen-bond donors (Lipinski definition) is 1. The van der Waals surface area contributed by atoms with Crippen LogP contribution in [0.25, 0.3) is 0 Å². The smallest absolute Gasteiger partial charge is 0.191 e. The van der Waals surface area contributed by atoms with Gasteiger partial charge in [-0.1, -0.05) is 76.5 Å². The van der Waals surface area contributed by atoms with Crippen LogP contribution in [0, 0.1) is 0 Å². The van der Waals surface area contributed by atoms with Crippen molar-refractivity contribution in [2.24, 2.45) is 0 Å². The molecule has 0 spiro atoms. The van der Waals surface area contributed by atoms with E-state index in [1.54, 1.807) is 0 Å². The molecule has 0 aromatic carbocycles. The van der Waals surface area contributed by atoms with Gasteiger partial charge in [-0.2, -0.15) is 0 Å². The summed E-state index contributed by atoms with van der Waals surface area (Å²) in [5, 5.41) is 10.2. The molecule has 0 saturated carbocycles. The van der Waals surface area contributed by atoms with Crippen LogP contribution in [-0.2, 0) is 4.43 Å². The molecule has 0 fully saturated rings. The first-order valence-corrected chi connectivity index (χ1v) is 15.6. The average molecular weight is 369 g/mol. The third kappa shape index (κ3) is 12.0. The fraction of sp³-hybridized carbons (Fsp3) is 0.700. The molecule has 1 unspecified atom stereocenters. The molecule has 1 N–H and O–H groups in total. The molecule has 2 nitrogen and oxygen atoms in total. The van der Waals surface area contributed by atoms with E-state index < -0.39 is 16.4 Å². The standard InChI is InChI=1S/C20H40O2Si2/c1-20(2,3)24(7,8)22-17-14-12-10-9-11-13-15-19(21)16-18-23(4,5)6/h10-13,16,18-19,21H,9,14-15,17H2,1-8H3/b12-10-,13-11-,18-16+.